The van der Waals surface area contributed by atoms with E-state index in [0.717, 1.165) is 5.56 Å². The Hall–Kier alpha value is -3.48. The maximum atomic E-state index is 12.6. The van der Waals surface area contributed by atoms with E-state index in [4.69, 9.17) is 9.94 Å². The Balaban J connectivity index is 1.61. The van der Waals surface area contributed by atoms with E-state index in [1.807, 2.05) is 60.7 Å². The molecule has 0 aliphatic heterocycles. The predicted molar refractivity (Wildman–Crippen MR) is 109 cm³/mol. The van der Waals surface area contributed by atoms with Gasteiger partial charge in [0.15, 0.2) is 5.78 Å². The number of carbonyl (C=O) groups is 2. The second-order valence-electron chi connectivity index (χ2n) is 6.46. The van der Waals surface area contributed by atoms with E-state index >= 15 is 0 Å². The van der Waals surface area contributed by atoms with E-state index in [1.54, 1.807) is 29.7 Å². The van der Waals surface area contributed by atoms with Crippen LogP contribution < -0.4 is 15.5 Å². The number of hydrogen-bond acceptors (Lipinski definition) is 5. The highest BCUT2D eigenvalue weighted by molar-refractivity contribution is 5.99. The number of hydroxylamine groups is 1. The molecule has 0 aromatic heterocycles. The molecule has 1 atom stereocenters. The van der Waals surface area contributed by atoms with Crippen molar-refractivity contribution in [2.75, 3.05) is 0 Å². The number of hydrogen-bond donors (Lipinski definition) is 3. The fourth-order valence-electron chi connectivity index (χ4n) is 2.81. The third-order valence-corrected chi connectivity index (χ3v) is 4.37. The molecule has 29 heavy (non-hydrogen) atoms. The fourth-order valence-corrected chi connectivity index (χ4v) is 2.81. The maximum Gasteiger partial charge on any atom is 0.260 e. The first-order valence-electron chi connectivity index (χ1n) is 9.23. The van der Waals surface area contributed by atoms with Crippen LogP contribution >= 0.6 is 0 Å². The average Bonchev–Trinajstić information content (AvgIpc) is 2.78. The van der Waals surface area contributed by atoms with Gasteiger partial charge in [-0.25, -0.2) is 5.48 Å². The van der Waals surface area contributed by atoms with E-state index < -0.39 is 11.9 Å². The Bertz CT molecular complexity index is 928. The monoisotopic (exact) mass is 390 g/mol. The van der Waals surface area contributed by atoms with Gasteiger partial charge in [-0.1, -0.05) is 48.5 Å². The zero-order chi connectivity index (χ0) is 20.5. The molecule has 0 saturated heterocycles. The summed E-state index contributed by atoms with van der Waals surface area (Å²) in [5, 5.41) is 12.0. The lowest BCUT2D eigenvalue weighted by Gasteiger charge is -2.16. The van der Waals surface area contributed by atoms with Gasteiger partial charge < -0.3 is 10.1 Å². The van der Waals surface area contributed by atoms with Crippen molar-refractivity contribution in [2.45, 2.75) is 19.0 Å². The average molecular weight is 390 g/mol. The normalized spacial score (nSPS) is 11.5. The smallest absolute Gasteiger partial charge is 0.260 e. The molecule has 3 N–H and O–H groups in total. The zero-order valence-corrected chi connectivity index (χ0v) is 15.7. The van der Waals surface area contributed by atoms with Crippen molar-refractivity contribution < 1.29 is 19.5 Å². The number of rotatable bonds is 9. The quantitative estimate of drug-likeness (QED) is 0.294. The van der Waals surface area contributed by atoms with Gasteiger partial charge in [-0.3, -0.25) is 14.8 Å². The van der Waals surface area contributed by atoms with Crippen LogP contribution in [-0.4, -0.2) is 22.9 Å². The molecular formula is C23H22N2O4. The Morgan fingerprint density at radius 3 is 2.03 bits per heavy atom. The number of carbonyl (C=O) groups excluding carboxylic acids is 2. The van der Waals surface area contributed by atoms with Crippen molar-refractivity contribution in [1.82, 2.24) is 10.8 Å². The maximum absolute atomic E-state index is 12.6. The number of ketones is 1. The minimum absolute atomic E-state index is 0.0852. The number of ether oxygens (including phenoxy) is 1. The molecule has 6 nitrogen and oxygen atoms in total. The Morgan fingerprint density at radius 2 is 1.41 bits per heavy atom. The summed E-state index contributed by atoms with van der Waals surface area (Å²) in [5.41, 5.74) is 3.05. The molecule has 0 bridgehead atoms. The van der Waals surface area contributed by atoms with Crippen LogP contribution in [0, 0.1) is 0 Å². The fraction of sp³-hybridized carbons (Fsp3) is 0.130. The summed E-state index contributed by atoms with van der Waals surface area (Å²) in [7, 11) is 0. The van der Waals surface area contributed by atoms with Crippen molar-refractivity contribution in [2.24, 2.45) is 0 Å². The van der Waals surface area contributed by atoms with Crippen molar-refractivity contribution in [3.05, 3.63) is 96.1 Å². The van der Waals surface area contributed by atoms with E-state index in [9.17, 15) is 9.59 Å². The molecule has 3 aromatic rings. The predicted octanol–water partition coefficient (Wildman–Crippen LogP) is 3.72. The van der Waals surface area contributed by atoms with Crippen LogP contribution in [0.4, 0.5) is 0 Å². The van der Waals surface area contributed by atoms with Gasteiger partial charge in [0.1, 0.15) is 11.5 Å². The lowest BCUT2D eigenvalue weighted by Crippen LogP contribution is -2.44. The number of amides is 1. The third kappa shape index (κ3) is 6.00. The van der Waals surface area contributed by atoms with Crippen LogP contribution in [0.5, 0.6) is 11.5 Å². The van der Waals surface area contributed by atoms with Gasteiger partial charge in [-0.15, -0.1) is 0 Å². The molecule has 6 heteroatoms. The Kier molecular flexibility index (Phi) is 7.10. The summed E-state index contributed by atoms with van der Waals surface area (Å²) in [4.78, 5) is 24.6. The van der Waals surface area contributed by atoms with Crippen LogP contribution in [0.1, 0.15) is 22.3 Å². The molecule has 0 fully saturated rings. The first-order chi connectivity index (χ1) is 14.2. The first kappa shape index (κ1) is 20.3. The molecule has 0 saturated carbocycles. The molecule has 0 spiro atoms. The first-order valence-corrected chi connectivity index (χ1v) is 9.23. The molecular weight excluding hydrogens is 368 g/mol. The van der Waals surface area contributed by atoms with Crippen molar-refractivity contribution >= 4 is 11.7 Å². The summed E-state index contributed by atoms with van der Waals surface area (Å²) in [6, 6.07) is 24.7. The standard InChI is InChI=1S/C23H22N2O4/c26-22(15-21(23(27)25-28)24-16-17-7-3-1-4-8-17)18-11-13-20(14-12-18)29-19-9-5-2-6-10-19/h1-14,21,24,28H,15-16H2,(H,25,27). The van der Waals surface area contributed by atoms with Gasteiger partial charge in [-0.05, 0) is 42.0 Å². The third-order valence-electron chi connectivity index (χ3n) is 4.37. The molecule has 0 radical (unpaired) electrons. The van der Waals surface area contributed by atoms with Gasteiger partial charge in [-0.2, -0.15) is 0 Å². The minimum atomic E-state index is -0.854. The summed E-state index contributed by atoms with van der Waals surface area (Å²) in [6.07, 6.45) is -0.0852. The highest BCUT2D eigenvalue weighted by atomic mass is 16.5. The minimum Gasteiger partial charge on any atom is -0.457 e. The van der Waals surface area contributed by atoms with Crippen molar-refractivity contribution in [3.63, 3.8) is 0 Å². The highest BCUT2D eigenvalue weighted by Gasteiger charge is 2.22. The summed E-state index contributed by atoms with van der Waals surface area (Å²) < 4.78 is 5.72. The molecule has 3 rings (SSSR count). The van der Waals surface area contributed by atoms with Crippen LogP contribution in [-0.2, 0) is 11.3 Å². The lowest BCUT2D eigenvalue weighted by atomic mass is 10.0. The molecule has 0 aliphatic rings. The van der Waals surface area contributed by atoms with E-state index in [1.165, 1.54) is 0 Å². The Labute approximate surface area is 169 Å². The molecule has 3 aromatic carbocycles. The van der Waals surface area contributed by atoms with Gasteiger partial charge >= 0.3 is 0 Å². The van der Waals surface area contributed by atoms with E-state index in [-0.39, 0.29) is 12.2 Å². The molecule has 148 valence electrons. The van der Waals surface area contributed by atoms with Crippen molar-refractivity contribution in [1.29, 1.82) is 0 Å². The van der Waals surface area contributed by atoms with Crippen LogP contribution in [0.2, 0.25) is 0 Å². The number of benzene rings is 3. The molecule has 0 aliphatic carbocycles. The van der Waals surface area contributed by atoms with Crippen molar-refractivity contribution in [3.8, 4) is 11.5 Å². The topological polar surface area (TPSA) is 87.7 Å². The lowest BCUT2D eigenvalue weighted by molar-refractivity contribution is -0.131. The van der Waals surface area contributed by atoms with E-state index in [2.05, 4.69) is 5.32 Å². The second-order valence-corrected chi connectivity index (χ2v) is 6.46. The largest absolute Gasteiger partial charge is 0.457 e. The van der Waals surface area contributed by atoms with Gasteiger partial charge in [0, 0.05) is 18.5 Å². The summed E-state index contributed by atoms with van der Waals surface area (Å²) >= 11 is 0. The zero-order valence-electron chi connectivity index (χ0n) is 15.7. The van der Waals surface area contributed by atoms with Crippen LogP contribution in [0.3, 0.4) is 0 Å². The van der Waals surface area contributed by atoms with Gasteiger partial charge in [0.25, 0.3) is 5.91 Å². The molecule has 1 amide bonds. The SMILES string of the molecule is O=C(CC(NCc1ccccc1)C(=O)NO)c1ccc(Oc2ccccc2)cc1. The summed E-state index contributed by atoms with van der Waals surface area (Å²) in [5.74, 6) is 0.444. The van der Waals surface area contributed by atoms with Gasteiger partial charge in [0.05, 0.1) is 6.04 Å². The Morgan fingerprint density at radius 1 is 0.828 bits per heavy atom. The number of nitrogens with one attached hydrogen (secondary N) is 2. The molecule has 1 unspecified atom stereocenters. The molecule has 0 heterocycles. The van der Waals surface area contributed by atoms with Gasteiger partial charge in [0.2, 0.25) is 0 Å². The number of Topliss-reactive ketones (excluding diaryl/α,β-unsaturated/α-hetero) is 1. The highest BCUT2D eigenvalue weighted by Crippen LogP contribution is 2.21. The van der Waals surface area contributed by atoms with Crippen LogP contribution in [0.25, 0.3) is 0 Å². The van der Waals surface area contributed by atoms with Crippen LogP contribution in [0.15, 0.2) is 84.9 Å². The second kappa shape index (κ2) is 10.2. The number of para-hydroxylation sites is 1. The van der Waals surface area contributed by atoms with E-state index in [0.29, 0.717) is 23.6 Å². The summed E-state index contributed by atoms with van der Waals surface area (Å²) in [6.45, 7) is 0.399.